The molecule has 16 heavy (non-hydrogen) atoms. The van der Waals surface area contributed by atoms with Gasteiger partial charge in [0.1, 0.15) is 0 Å². The van der Waals surface area contributed by atoms with E-state index in [0.29, 0.717) is 5.41 Å². The molecule has 1 N–H and O–H groups in total. The first kappa shape index (κ1) is 12.4. The van der Waals surface area contributed by atoms with Crippen molar-refractivity contribution in [1.82, 2.24) is 10.2 Å². The van der Waals surface area contributed by atoms with E-state index in [0.717, 1.165) is 6.04 Å². The van der Waals surface area contributed by atoms with Gasteiger partial charge in [-0.1, -0.05) is 33.1 Å². The van der Waals surface area contributed by atoms with Crippen LogP contribution in [-0.2, 0) is 0 Å². The molecular formula is C14H28N2. The monoisotopic (exact) mass is 224 g/mol. The first-order valence-electron chi connectivity index (χ1n) is 7.18. The largest absolute Gasteiger partial charge is 0.311 e. The molecule has 94 valence electrons. The number of nitrogens with one attached hydrogen (secondary N) is 1. The lowest BCUT2D eigenvalue weighted by molar-refractivity contribution is 0.127. The maximum atomic E-state index is 3.65. The summed E-state index contributed by atoms with van der Waals surface area (Å²) >= 11 is 0. The van der Waals surface area contributed by atoms with E-state index < -0.39 is 0 Å². The standard InChI is InChI=1S/C14H28N2/c1-3-6-13-11-16(10-9-15-13)12-14(2)7-4-5-8-14/h13,15H,3-12H2,1-2H3. The molecule has 0 bridgehead atoms. The summed E-state index contributed by atoms with van der Waals surface area (Å²) in [6.45, 7) is 9.87. The zero-order chi connectivity index (χ0) is 11.4. The van der Waals surface area contributed by atoms with E-state index in [1.165, 1.54) is 64.7 Å². The fraction of sp³-hybridized carbons (Fsp3) is 1.00. The third kappa shape index (κ3) is 3.21. The van der Waals surface area contributed by atoms with Gasteiger partial charge in [0.25, 0.3) is 0 Å². The lowest BCUT2D eigenvalue weighted by Crippen LogP contribution is -2.52. The summed E-state index contributed by atoms with van der Waals surface area (Å²) in [6.07, 6.45) is 8.47. The molecule has 2 aliphatic rings. The molecule has 2 fully saturated rings. The van der Waals surface area contributed by atoms with Crippen LogP contribution in [0.3, 0.4) is 0 Å². The fourth-order valence-electron chi connectivity index (χ4n) is 3.51. The summed E-state index contributed by atoms with van der Waals surface area (Å²) in [6, 6.07) is 0.753. The number of nitrogens with zero attached hydrogens (tertiary/aromatic N) is 1. The second-order valence-electron chi connectivity index (χ2n) is 6.19. The molecule has 0 radical (unpaired) electrons. The zero-order valence-electron chi connectivity index (χ0n) is 11.1. The van der Waals surface area contributed by atoms with Crippen molar-refractivity contribution in [3.63, 3.8) is 0 Å². The number of rotatable bonds is 4. The maximum absolute atomic E-state index is 3.65. The number of piperazine rings is 1. The molecule has 2 rings (SSSR count). The zero-order valence-corrected chi connectivity index (χ0v) is 11.1. The normalized spacial score (nSPS) is 30.8. The van der Waals surface area contributed by atoms with Crippen LogP contribution in [0.4, 0.5) is 0 Å². The molecule has 1 atom stereocenters. The van der Waals surface area contributed by atoms with Crippen LogP contribution in [-0.4, -0.2) is 37.1 Å². The molecule has 0 spiro atoms. The summed E-state index contributed by atoms with van der Waals surface area (Å²) in [7, 11) is 0. The molecule has 1 aliphatic heterocycles. The Labute approximate surface area is 101 Å². The van der Waals surface area contributed by atoms with Crippen LogP contribution >= 0.6 is 0 Å². The summed E-state index contributed by atoms with van der Waals surface area (Å²) < 4.78 is 0. The smallest absolute Gasteiger partial charge is 0.0195 e. The summed E-state index contributed by atoms with van der Waals surface area (Å²) in [5, 5.41) is 3.65. The van der Waals surface area contributed by atoms with E-state index in [1.54, 1.807) is 0 Å². The van der Waals surface area contributed by atoms with Gasteiger partial charge < -0.3 is 5.32 Å². The second kappa shape index (κ2) is 5.50. The van der Waals surface area contributed by atoms with Gasteiger partial charge in [0.05, 0.1) is 0 Å². The number of hydrogen-bond donors (Lipinski definition) is 1. The van der Waals surface area contributed by atoms with Crippen molar-refractivity contribution in [2.75, 3.05) is 26.2 Å². The van der Waals surface area contributed by atoms with Gasteiger partial charge in [-0.25, -0.2) is 0 Å². The minimum atomic E-state index is 0.633. The third-order valence-corrected chi connectivity index (χ3v) is 4.39. The minimum absolute atomic E-state index is 0.633. The Hall–Kier alpha value is -0.0800. The predicted molar refractivity (Wildman–Crippen MR) is 69.7 cm³/mol. The minimum Gasteiger partial charge on any atom is -0.311 e. The Morgan fingerprint density at radius 1 is 1.31 bits per heavy atom. The SMILES string of the molecule is CCCC1CN(CC2(C)CCCC2)CCN1. The van der Waals surface area contributed by atoms with Crippen LogP contribution in [0.25, 0.3) is 0 Å². The molecule has 0 aromatic heterocycles. The van der Waals surface area contributed by atoms with Crippen LogP contribution in [0.5, 0.6) is 0 Å². The van der Waals surface area contributed by atoms with Gasteiger partial charge >= 0.3 is 0 Å². The van der Waals surface area contributed by atoms with Gasteiger partial charge in [-0.05, 0) is 24.7 Å². The Balaban J connectivity index is 1.80. The van der Waals surface area contributed by atoms with E-state index in [-0.39, 0.29) is 0 Å². The topological polar surface area (TPSA) is 15.3 Å². The van der Waals surface area contributed by atoms with E-state index >= 15 is 0 Å². The van der Waals surface area contributed by atoms with Crippen molar-refractivity contribution in [3.8, 4) is 0 Å². The van der Waals surface area contributed by atoms with Crippen molar-refractivity contribution < 1.29 is 0 Å². The van der Waals surface area contributed by atoms with Gasteiger partial charge in [0.15, 0.2) is 0 Å². The summed E-state index contributed by atoms with van der Waals surface area (Å²) in [5.74, 6) is 0. The highest BCUT2D eigenvalue weighted by molar-refractivity contribution is 4.87. The maximum Gasteiger partial charge on any atom is 0.0195 e. The Bertz CT molecular complexity index is 207. The quantitative estimate of drug-likeness (QED) is 0.790. The fourth-order valence-corrected chi connectivity index (χ4v) is 3.51. The first-order valence-corrected chi connectivity index (χ1v) is 7.18. The molecule has 2 nitrogen and oxygen atoms in total. The molecular weight excluding hydrogens is 196 g/mol. The van der Waals surface area contributed by atoms with E-state index in [9.17, 15) is 0 Å². The van der Waals surface area contributed by atoms with Crippen molar-refractivity contribution in [2.45, 2.75) is 58.4 Å². The van der Waals surface area contributed by atoms with Crippen molar-refractivity contribution >= 4 is 0 Å². The van der Waals surface area contributed by atoms with Crippen molar-refractivity contribution in [2.24, 2.45) is 5.41 Å². The first-order chi connectivity index (χ1) is 7.72. The van der Waals surface area contributed by atoms with Crippen LogP contribution in [0, 0.1) is 5.41 Å². The molecule has 1 saturated heterocycles. The molecule has 2 heteroatoms. The average molecular weight is 224 g/mol. The third-order valence-electron chi connectivity index (χ3n) is 4.39. The van der Waals surface area contributed by atoms with Gasteiger partial charge in [-0.15, -0.1) is 0 Å². The van der Waals surface area contributed by atoms with E-state index in [1.807, 2.05) is 0 Å². The highest BCUT2D eigenvalue weighted by atomic mass is 15.2. The van der Waals surface area contributed by atoms with Crippen LogP contribution in [0.1, 0.15) is 52.4 Å². The molecule has 1 saturated carbocycles. The van der Waals surface area contributed by atoms with Crippen LogP contribution in [0.15, 0.2) is 0 Å². The average Bonchev–Trinajstić information content (AvgIpc) is 2.66. The molecule has 1 aliphatic carbocycles. The number of hydrogen-bond acceptors (Lipinski definition) is 2. The summed E-state index contributed by atoms with van der Waals surface area (Å²) in [4.78, 5) is 2.71. The Morgan fingerprint density at radius 3 is 2.75 bits per heavy atom. The molecule has 0 amide bonds. The highest BCUT2D eigenvalue weighted by Crippen LogP contribution is 2.38. The lowest BCUT2D eigenvalue weighted by Gasteiger charge is -2.38. The molecule has 0 aromatic rings. The molecule has 1 heterocycles. The summed E-state index contributed by atoms with van der Waals surface area (Å²) in [5.41, 5.74) is 0.633. The lowest BCUT2D eigenvalue weighted by atomic mass is 9.88. The van der Waals surface area contributed by atoms with Gasteiger partial charge in [0.2, 0.25) is 0 Å². The Kier molecular flexibility index (Phi) is 4.26. The highest BCUT2D eigenvalue weighted by Gasteiger charge is 2.32. The van der Waals surface area contributed by atoms with E-state index in [4.69, 9.17) is 0 Å². The molecule has 1 unspecified atom stereocenters. The van der Waals surface area contributed by atoms with Gasteiger partial charge in [-0.3, -0.25) is 4.90 Å². The van der Waals surface area contributed by atoms with Crippen molar-refractivity contribution in [1.29, 1.82) is 0 Å². The molecule has 0 aromatic carbocycles. The van der Waals surface area contributed by atoms with Gasteiger partial charge in [-0.2, -0.15) is 0 Å². The Morgan fingerprint density at radius 2 is 2.06 bits per heavy atom. The van der Waals surface area contributed by atoms with Crippen LogP contribution < -0.4 is 5.32 Å². The van der Waals surface area contributed by atoms with Crippen LogP contribution in [0.2, 0.25) is 0 Å². The van der Waals surface area contributed by atoms with Gasteiger partial charge in [0, 0.05) is 32.2 Å². The second-order valence-corrected chi connectivity index (χ2v) is 6.19. The van der Waals surface area contributed by atoms with E-state index in [2.05, 4.69) is 24.1 Å². The predicted octanol–water partition coefficient (Wildman–Crippen LogP) is 2.64. The van der Waals surface area contributed by atoms with Crippen molar-refractivity contribution in [3.05, 3.63) is 0 Å².